The Morgan fingerprint density at radius 1 is 1.13 bits per heavy atom. The fourth-order valence-corrected chi connectivity index (χ4v) is 4.66. The number of nitrogens with one attached hydrogen (secondary N) is 1. The van der Waals surface area contributed by atoms with Gasteiger partial charge < -0.3 is 5.32 Å². The zero-order valence-electron chi connectivity index (χ0n) is 16.6. The van der Waals surface area contributed by atoms with Gasteiger partial charge in [-0.1, -0.05) is 41.6 Å². The quantitative estimate of drug-likeness (QED) is 0.384. The molecule has 0 bridgehead atoms. The molecule has 1 amide bonds. The van der Waals surface area contributed by atoms with Crippen LogP contribution in [0.5, 0.6) is 0 Å². The van der Waals surface area contributed by atoms with Crippen LogP contribution in [0.3, 0.4) is 0 Å². The average molecular weight is 468 g/mol. The Morgan fingerprint density at radius 2 is 2.00 bits per heavy atom. The van der Waals surface area contributed by atoms with Crippen LogP contribution in [0, 0.1) is 6.92 Å². The van der Waals surface area contributed by atoms with Crippen LogP contribution in [-0.2, 0) is 11.3 Å². The third kappa shape index (κ3) is 5.46. The molecule has 0 radical (unpaired) electrons. The van der Waals surface area contributed by atoms with Gasteiger partial charge in [-0.3, -0.25) is 9.78 Å². The highest BCUT2D eigenvalue weighted by Crippen LogP contribution is 2.34. The van der Waals surface area contributed by atoms with Crippen molar-refractivity contribution in [2.75, 3.05) is 5.75 Å². The van der Waals surface area contributed by atoms with Crippen LogP contribution in [0.1, 0.15) is 11.3 Å². The van der Waals surface area contributed by atoms with E-state index in [2.05, 4.69) is 25.5 Å². The van der Waals surface area contributed by atoms with Crippen LogP contribution >= 0.6 is 34.7 Å². The molecule has 1 aromatic carbocycles. The van der Waals surface area contributed by atoms with E-state index in [-0.39, 0.29) is 11.7 Å². The van der Waals surface area contributed by atoms with Gasteiger partial charge in [-0.2, -0.15) is 0 Å². The topological polar surface area (TPSA) is 80.7 Å². The predicted octanol–water partition coefficient (Wildman–Crippen LogP) is 5.03. The minimum atomic E-state index is -0.0878. The van der Waals surface area contributed by atoms with Crippen molar-refractivity contribution in [3.05, 3.63) is 77.2 Å². The number of rotatable bonds is 7. The van der Waals surface area contributed by atoms with Crippen LogP contribution in [0.2, 0.25) is 5.02 Å². The monoisotopic (exact) mass is 467 g/mol. The number of aromatic nitrogens is 4. The Labute approximate surface area is 193 Å². The van der Waals surface area contributed by atoms with Crippen molar-refractivity contribution in [3.8, 4) is 21.1 Å². The molecule has 0 unspecified atom stereocenters. The lowest BCUT2D eigenvalue weighted by Crippen LogP contribution is -2.24. The number of hydrogen-bond donors (Lipinski definition) is 1. The highest BCUT2D eigenvalue weighted by atomic mass is 35.5. The number of halogens is 1. The standard InChI is InChI=1S/C22H18ClN5OS2/c1-14-21(31-22(26-14)16-6-4-10-24-11-16)18-8-9-20(28-27-18)30-13-19(29)25-12-15-5-2-3-7-17(15)23/h2-11H,12-13H2,1H3,(H,25,29). The molecule has 4 rings (SSSR count). The fraction of sp³-hybridized carbons (Fsp3) is 0.136. The Hall–Kier alpha value is -2.81. The van der Waals surface area contributed by atoms with Crippen LogP contribution < -0.4 is 5.32 Å². The van der Waals surface area contributed by atoms with E-state index in [0.717, 1.165) is 32.4 Å². The van der Waals surface area contributed by atoms with E-state index in [1.807, 2.05) is 49.4 Å². The summed E-state index contributed by atoms with van der Waals surface area (Å²) in [4.78, 5) is 21.9. The van der Waals surface area contributed by atoms with Gasteiger partial charge in [0, 0.05) is 29.5 Å². The first kappa shape index (κ1) is 21.4. The number of pyridine rings is 1. The Morgan fingerprint density at radius 3 is 2.74 bits per heavy atom. The number of carbonyl (C=O) groups excluding carboxylic acids is 1. The summed E-state index contributed by atoms with van der Waals surface area (Å²) < 4.78 is 0. The van der Waals surface area contributed by atoms with Gasteiger partial charge in [-0.25, -0.2) is 4.98 Å². The molecule has 0 aliphatic heterocycles. The molecule has 6 nitrogen and oxygen atoms in total. The summed E-state index contributed by atoms with van der Waals surface area (Å²) in [7, 11) is 0. The second kappa shape index (κ2) is 10.00. The first-order chi connectivity index (χ1) is 15.1. The van der Waals surface area contributed by atoms with Crippen molar-refractivity contribution in [2.24, 2.45) is 0 Å². The van der Waals surface area contributed by atoms with Gasteiger partial charge in [0.1, 0.15) is 15.7 Å². The van der Waals surface area contributed by atoms with Gasteiger partial charge in [-0.05, 0) is 42.8 Å². The van der Waals surface area contributed by atoms with Crippen molar-refractivity contribution in [1.29, 1.82) is 0 Å². The SMILES string of the molecule is Cc1nc(-c2cccnc2)sc1-c1ccc(SCC(=O)NCc2ccccc2Cl)nn1. The Bertz CT molecular complexity index is 1180. The molecule has 4 aromatic rings. The van der Waals surface area contributed by atoms with E-state index < -0.39 is 0 Å². The number of thioether (sulfide) groups is 1. The van der Waals surface area contributed by atoms with E-state index in [1.165, 1.54) is 11.8 Å². The van der Waals surface area contributed by atoms with Crippen LogP contribution in [-0.4, -0.2) is 31.8 Å². The van der Waals surface area contributed by atoms with E-state index >= 15 is 0 Å². The molecule has 3 aromatic heterocycles. The van der Waals surface area contributed by atoms with Gasteiger partial charge in [0.05, 0.1) is 16.3 Å². The molecule has 0 saturated heterocycles. The van der Waals surface area contributed by atoms with Crippen molar-refractivity contribution < 1.29 is 4.79 Å². The number of hydrogen-bond acceptors (Lipinski definition) is 7. The highest BCUT2D eigenvalue weighted by Gasteiger charge is 2.13. The van der Waals surface area contributed by atoms with Crippen molar-refractivity contribution in [1.82, 2.24) is 25.5 Å². The molecule has 0 aliphatic rings. The average Bonchev–Trinajstić information content (AvgIpc) is 3.20. The molecule has 31 heavy (non-hydrogen) atoms. The lowest BCUT2D eigenvalue weighted by Gasteiger charge is -2.06. The minimum Gasteiger partial charge on any atom is -0.351 e. The molecule has 9 heteroatoms. The van der Waals surface area contributed by atoms with Crippen LogP contribution in [0.4, 0.5) is 0 Å². The molecule has 0 fully saturated rings. The van der Waals surface area contributed by atoms with E-state index in [0.29, 0.717) is 16.6 Å². The maximum Gasteiger partial charge on any atom is 0.230 e. The van der Waals surface area contributed by atoms with Crippen LogP contribution in [0.25, 0.3) is 21.1 Å². The molecular weight excluding hydrogens is 450 g/mol. The Balaban J connectivity index is 1.35. The second-order valence-corrected chi connectivity index (χ2v) is 8.99. The zero-order chi connectivity index (χ0) is 21.6. The number of nitrogens with zero attached hydrogens (tertiary/aromatic N) is 4. The van der Waals surface area contributed by atoms with E-state index in [1.54, 1.807) is 29.8 Å². The zero-order valence-corrected chi connectivity index (χ0v) is 19.0. The van der Waals surface area contributed by atoms with Crippen molar-refractivity contribution in [2.45, 2.75) is 18.5 Å². The molecule has 0 saturated carbocycles. The fourth-order valence-electron chi connectivity index (χ4n) is 2.79. The van der Waals surface area contributed by atoms with Gasteiger partial charge in [-0.15, -0.1) is 21.5 Å². The summed E-state index contributed by atoms with van der Waals surface area (Å²) in [5.41, 5.74) is 3.53. The number of thiazole rings is 1. The van der Waals surface area contributed by atoms with Gasteiger partial charge in [0.25, 0.3) is 0 Å². The van der Waals surface area contributed by atoms with E-state index in [4.69, 9.17) is 11.6 Å². The minimum absolute atomic E-state index is 0.0878. The van der Waals surface area contributed by atoms with Crippen LogP contribution in [0.15, 0.2) is 66.0 Å². The molecular formula is C22H18ClN5OS2. The first-order valence-corrected chi connectivity index (χ1v) is 11.6. The normalized spacial score (nSPS) is 10.8. The lowest BCUT2D eigenvalue weighted by molar-refractivity contribution is -0.118. The summed E-state index contributed by atoms with van der Waals surface area (Å²) >= 11 is 9.01. The summed E-state index contributed by atoms with van der Waals surface area (Å²) in [5.74, 6) is 0.165. The maximum atomic E-state index is 12.1. The summed E-state index contributed by atoms with van der Waals surface area (Å²) in [6, 6.07) is 15.1. The lowest BCUT2D eigenvalue weighted by atomic mass is 10.2. The predicted molar refractivity (Wildman–Crippen MR) is 125 cm³/mol. The summed E-state index contributed by atoms with van der Waals surface area (Å²) in [6.07, 6.45) is 3.54. The third-order valence-corrected chi connectivity index (χ3v) is 6.88. The second-order valence-electron chi connectivity index (χ2n) is 6.59. The molecule has 3 heterocycles. The van der Waals surface area contributed by atoms with E-state index in [9.17, 15) is 4.79 Å². The number of benzene rings is 1. The molecule has 0 atom stereocenters. The van der Waals surface area contributed by atoms with Crippen molar-refractivity contribution in [3.63, 3.8) is 0 Å². The largest absolute Gasteiger partial charge is 0.351 e. The number of amides is 1. The third-order valence-electron chi connectivity index (χ3n) is 4.36. The van der Waals surface area contributed by atoms with Gasteiger partial charge >= 0.3 is 0 Å². The van der Waals surface area contributed by atoms with Gasteiger partial charge in [0.2, 0.25) is 5.91 Å². The molecule has 0 spiro atoms. The summed E-state index contributed by atoms with van der Waals surface area (Å²) in [6.45, 7) is 2.35. The smallest absolute Gasteiger partial charge is 0.230 e. The summed E-state index contributed by atoms with van der Waals surface area (Å²) in [5, 5.41) is 13.7. The number of carbonyl (C=O) groups is 1. The van der Waals surface area contributed by atoms with Gasteiger partial charge in [0.15, 0.2) is 0 Å². The molecule has 1 N–H and O–H groups in total. The molecule has 0 aliphatic carbocycles. The Kier molecular flexibility index (Phi) is 6.91. The first-order valence-electron chi connectivity index (χ1n) is 9.45. The highest BCUT2D eigenvalue weighted by molar-refractivity contribution is 7.99. The maximum absolute atomic E-state index is 12.1. The number of aryl methyl sites for hydroxylation is 1. The molecule has 156 valence electrons. The van der Waals surface area contributed by atoms with Crippen molar-refractivity contribution >= 4 is 40.6 Å².